The van der Waals surface area contributed by atoms with Gasteiger partial charge in [0.25, 0.3) is 5.91 Å². The van der Waals surface area contributed by atoms with Gasteiger partial charge in [-0.15, -0.1) is 10.2 Å². The summed E-state index contributed by atoms with van der Waals surface area (Å²) < 4.78 is 8.07. The van der Waals surface area contributed by atoms with E-state index in [0.29, 0.717) is 71.7 Å². The Kier molecular flexibility index (Phi) is 10.3. The van der Waals surface area contributed by atoms with Crippen molar-refractivity contribution < 1.29 is 24.4 Å². The Hall–Kier alpha value is -4.52. The van der Waals surface area contributed by atoms with Gasteiger partial charge in [-0.2, -0.15) is 0 Å². The van der Waals surface area contributed by atoms with Gasteiger partial charge < -0.3 is 25.4 Å². The van der Waals surface area contributed by atoms with Crippen molar-refractivity contribution in [2.45, 2.75) is 39.2 Å². The van der Waals surface area contributed by atoms with E-state index in [1.165, 1.54) is 12.1 Å². The fourth-order valence-electron chi connectivity index (χ4n) is 5.11. The molecule has 0 radical (unpaired) electrons. The fraction of sp³-hybridized carbons (Fsp3) is 0.281. The van der Waals surface area contributed by atoms with Crippen molar-refractivity contribution in [2.24, 2.45) is 4.99 Å². The number of halogens is 1. The van der Waals surface area contributed by atoms with Crippen LogP contribution >= 0.6 is 11.6 Å². The minimum absolute atomic E-state index is 0.119. The molecule has 3 aromatic carbocycles. The van der Waals surface area contributed by atoms with E-state index in [2.05, 4.69) is 20.8 Å². The van der Waals surface area contributed by atoms with Gasteiger partial charge in [0.05, 0.1) is 24.4 Å². The van der Waals surface area contributed by atoms with Crippen molar-refractivity contribution in [3.63, 3.8) is 0 Å². The normalized spacial score (nSPS) is 13.6. The van der Waals surface area contributed by atoms with Gasteiger partial charge in [0, 0.05) is 34.8 Å². The number of nitrogens with one attached hydrogen (secondary N) is 2. The number of carbonyl (C=O) groups excluding carboxylic acids is 2. The molecule has 0 saturated heterocycles. The zero-order valence-electron chi connectivity index (χ0n) is 25.0. The molecular formula is C32H34BClN6O5. The fourth-order valence-corrected chi connectivity index (χ4v) is 5.24. The third-order valence-corrected chi connectivity index (χ3v) is 7.62. The van der Waals surface area contributed by atoms with E-state index < -0.39 is 13.2 Å². The van der Waals surface area contributed by atoms with Gasteiger partial charge in [-0.1, -0.05) is 35.9 Å². The molecule has 5 rings (SSSR count). The molecule has 2 heterocycles. The minimum atomic E-state index is -1.57. The molecule has 1 atom stereocenters. The molecule has 4 aromatic rings. The number of hydrogen-bond donors (Lipinski definition) is 4. The Labute approximate surface area is 266 Å². The largest absolute Gasteiger partial charge is 0.494 e. The summed E-state index contributed by atoms with van der Waals surface area (Å²) in [6.07, 6.45) is 1.52. The lowest BCUT2D eigenvalue weighted by molar-refractivity contribution is -0.121. The van der Waals surface area contributed by atoms with Crippen molar-refractivity contribution in [2.75, 3.05) is 19.7 Å². The first kappa shape index (κ1) is 31.9. The van der Waals surface area contributed by atoms with Crippen LogP contribution in [0.25, 0.3) is 5.69 Å². The van der Waals surface area contributed by atoms with Gasteiger partial charge in [-0.05, 0) is 74.6 Å². The van der Waals surface area contributed by atoms with Crippen molar-refractivity contribution in [1.29, 1.82) is 0 Å². The first-order chi connectivity index (χ1) is 21.7. The van der Waals surface area contributed by atoms with E-state index in [-0.39, 0.29) is 18.2 Å². The second kappa shape index (κ2) is 14.5. The van der Waals surface area contributed by atoms with Crippen LogP contribution in [-0.2, 0) is 4.79 Å². The van der Waals surface area contributed by atoms with Gasteiger partial charge in [0.2, 0.25) is 5.91 Å². The molecule has 0 saturated carbocycles. The number of nitrogens with zero attached hydrogens (tertiary/aromatic N) is 4. The molecule has 4 N–H and O–H groups in total. The smallest absolute Gasteiger partial charge is 0.488 e. The monoisotopic (exact) mass is 628 g/mol. The van der Waals surface area contributed by atoms with E-state index in [1.807, 2.05) is 60.9 Å². The zero-order valence-corrected chi connectivity index (χ0v) is 25.8. The van der Waals surface area contributed by atoms with Crippen LogP contribution in [0.15, 0.2) is 71.7 Å². The Balaban J connectivity index is 1.30. The topological polar surface area (TPSA) is 151 Å². The summed E-state index contributed by atoms with van der Waals surface area (Å²) >= 11 is 6.20. The second-order valence-corrected chi connectivity index (χ2v) is 11.0. The molecule has 1 aliphatic rings. The molecule has 1 aromatic heterocycles. The van der Waals surface area contributed by atoms with Gasteiger partial charge >= 0.3 is 7.12 Å². The number of hydrogen-bond acceptors (Lipinski definition) is 8. The van der Waals surface area contributed by atoms with Crippen molar-refractivity contribution in [1.82, 2.24) is 25.4 Å². The van der Waals surface area contributed by atoms with Crippen molar-refractivity contribution >= 4 is 41.7 Å². The van der Waals surface area contributed by atoms with Crippen molar-refractivity contribution in [3.05, 3.63) is 100 Å². The highest BCUT2D eigenvalue weighted by Gasteiger charge is 2.30. The third-order valence-electron chi connectivity index (χ3n) is 7.36. The van der Waals surface area contributed by atoms with Crippen LogP contribution in [0.3, 0.4) is 0 Å². The highest BCUT2D eigenvalue weighted by Crippen LogP contribution is 2.34. The summed E-state index contributed by atoms with van der Waals surface area (Å²) in [6.45, 7) is 5.16. The van der Waals surface area contributed by atoms with Crippen LogP contribution in [0.1, 0.15) is 65.4 Å². The Morgan fingerprint density at radius 1 is 1.00 bits per heavy atom. The molecule has 45 heavy (non-hydrogen) atoms. The van der Waals surface area contributed by atoms with Gasteiger partial charge in [0.15, 0.2) is 5.82 Å². The highest BCUT2D eigenvalue weighted by molar-refractivity contribution is 6.58. The average molecular weight is 629 g/mol. The number of aromatic nitrogens is 3. The minimum Gasteiger partial charge on any atom is -0.494 e. The number of amides is 2. The summed E-state index contributed by atoms with van der Waals surface area (Å²) in [5, 5.41) is 33.5. The van der Waals surface area contributed by atoms with Crippen LogP contribution in [0.2, 0.25) is 5.02 Å². The number of ether oxygens (including phenoxy) is 1. The number of fused-ring (bicyclic) bond motifs is 3. The lowest BCUT2D eigenvalue weighted by Gasteiger charge is -2.15. The molecule has 1 unspecified atom stereocenters. The average Bonchev–Trinajstić information content (AvgIpc) is 3.36. The van der Waals surface area contributed by atoms with E-state index in [4.69, 9.17) is 21.3 Å². The first-order valence-corrected chi connectivity index (χ1v) is 15.2. The Bertz CT molecular complexity index is 1690. The number of benzene rings is 3. The molecule has 13 heteroatoms. The molecule has 0 bridgehead atoms. The maximum absolute atomic E-state index is 12.7. The van der Waals surface area contributed by atoms with Crippen LogP contribution in [0.5, 0.6) is 5.75 Å². The van der Waals surface area contributed by atoms with Crippen LogP contribution in [0.4, 0.5) is 0 Å². The Morgan fingerprint density at radius 3 is 2.47 bits per heavy atom. The van der Waals surface area contributed by atoms with Crippen molar-refractivity contribution in [3.8, 4) is 11.4 Å². The molecule has 0 fully saturated rings. The number of rotatable bonds is 12. The number of aryl methyl sites for hydroxylation is 1. The van der Waals surface area contributed by atoms with E-state index in [9.17, 15) is 19.6 Å². The SMILES string of the molecule is CCNC(=O)CC1N=C(c2ccc(Cl)cc2)c2cc(OCCCCNC(=O)c3ccc(B(O)O)cc3)ccc2-n2c(C)nnc21. The summed E-state index contributed by atoms with van der Waals surface area (Å²) in [6, 6.07) is 18.8. The molecule has 1 aliphatic heterocycles. The highest BCUT2D eigenvalue weighted by atomic mass is 35.5. The van der Waals surface area contributed by atoms with E-state index in [0.717, 1.165) is 16.8 Å². The molecule has 2 amide bonds. The van der Waals surface area contributed by atoms with Crippen LogP contribution in [-0.4, -0.2) is 69.2 Å². The molecule has 11 nitrogen and oxygen atoms in total. The predicted molar refractivity (Wildman–Crippen MR) is 173 cm³/mol. The van der Waals surface area contributed by atoms with Crippen LogP contribution < -0.4 is 20.8 Å². The van der Waals surface area contributed by atoms with Gasteiger partial charge in [0.1, 0.15) is 17.6 Å². The molecule has 0 aliphatic carbocycles. The second-order valence-electron chi connectivity index (χ2n) is 10.6. The lowest BCUT2D eigenvalue weighted by Crippen LogP contribution is -2.30. The predicted octanol–water partition coefficient (Wildman–Crippen LogP) is 2.92. The third kappa shape index (κ3) is 7.59. The van der Waals surface area contributed by atoms with Gasteiger partial charge in [-0.25, -0.2) is 0 Å². The molecule has 0 spiro atoms. The standard InChI is InChI=1S/C32H34BClN6O5/c1-3-35-29(41)19-27-31-39-38-20(2)40(31)28-15-14-25(18-26(28)30(37-27)21-8-12-24(34)13-9-21)45-17-5-4-16-36-32(42)22-6-10-23(11-7-22)33(43)44/h6-15,18,27,43-44H,3-5,16-17,19H2,1-2H3,(H,35,41)(H,36,42). The number of aliphatic imine (C=N–C) groups is 1. The summed E-state index contributed by atoms with van der Waals surface area (Å²) in [5.74, 6) is 1.56. The van der Waals surface area contributed by atoms with Crippen LogP contribution in [0, 0.1) is 6.92 Å². The van der Waals surface area contributed by atoms with E-state index in [1.54, 1.807) is 12.1 Å². The number of unbranched alkanes of at least 4 members (excludes halogenated alkanes) is 1. The van der Waals surface area contributed by atoms with E-state index >= 15 is 0 Å². The number of carbonyl (C=O) groups is 2. The molecule has 232 valence electrons. The quantitative estimate of drug-likeness (QED) is 0.139. The maximum atomic E-state index is 12.7. The summed E-state index contributed by atoms with van der Waals surface area (Å²) in [7, 11) is -1.57. The van der Waals surface area contributed by atoms with Gasteiger partial charge in [-0.3, -0.25) is 19.1 Å². The summed E-state index contributed by atoms with van der Waals surface area (Å²) in [5.41, 5.74) is 3.94. The lowest BCUT2D eigenvalue weighted by atomic mass is 9.80. The summed E-state index contributed by atoms with van der Waals surface area (Å²) in [4.78, 5) is 30.2. The maximum Gasteiger partial charge on any atom is 0.488 e. The Morgan fingerprint density at radius 2 is 1.76 bits per heavy atom. The zero-order chi connectivity index (χ0) is 31.9. The molecular weight excluding hydrogens is 595 g/mol. The first-order valence-electron chi connectivity index (χ1n) is 14.8.